The Morgan fingerprint density at radius 3 is 2.61 bits per heavy atom. The molecule has 0 aromatic heterocycles. The van der Waals surface area contributed by atoms with Crippen LogP contribution >= 0.6 is 0 Å². The molecule has 0 aliphatic heterocycles. The molecule has 4 nitrogen and oxygen atoms in total. The predicted molar refractivity (Wildman–Crippen MR) is 68.8 cm³/mol. The number of nitro groups is 1. The SMILES string of the molecule is CCC(NCc1cccc([N+](=O)[O-])c1F)C(C)C. The molecule has 0 heterocycles. The highest BCUT2D eigenvalue weighted by atomic mass is 19.1. The first-order valence-corrected chi connectivity index (χ1v) is 6.12. The van der Waals surface area contributed by atoms with Gasteiger partial charge in [-0.05, 0) is 12.3 Å². The molecule has 0 aliphatic carbocycles. The third kappa shape index (κ3) is 3.50. The van der Waals surface area contributed by atoms with Crippen molar-refractivity contribution in [2.45, 2.75) is 39.8 Å². The molecule has 18 heavy (non-hydrogen) atoms. The summed E-state index contributed by atoms with van der Waals surface area (Å²) in [6.45, 7) is 6.54. The van der Waals surface area contributed by atoms with Gasteiger partial charge in [0.25, 0.3) is 0 Å². The largest absolute Gasteiger partial charge is 0.310 e. The Balaban J connectivity index is 2.79. The summed E-state index contributed by atoms with van der Waals surface area (Å²) < 4.78 is 13.8. The Kier molecular flexibility index (Phi) is 5.22. The van der Waals surface area contributed by atoms with E-state index >= 15 is 0 Å². The van der Waals surface area contributed by atoms with E-state index < -0.39 is 16.4 Å². The summed E-state index contributed by atoms with van der Waals surface area (Å²) >= 11 is 0. The lowest BCUT2D eigenvalue weighted by Crippen LogP contribution is -2.32. The van der Waals surface area contributed by atoms with Crippen LogP contribution in [-0.2, 0) is 6.54 Å². The van der Waals surface area contributed by atoms with Crippen molar-refractivity contribution in [1.29, 1.82) is 0 Å². The minimum atomic E-state index is -0.742. The van der Waals surface area contributed by atoms with Crippen molar-refractivity contribution < 1.29 is 9.31 Å². The lowest BCUT2D eigenvalue weighted by Gasteiger charge is -2.20. The molecule has 0 radical (unpaired) electrons. The van der Waals surface area contributed by atoms with Crippen LogP contribution in [0, 0.1) is 21.8 Å². The second-order valence-corrected chi connectivity index (χ2v) is 4.65. The fourth-order valence-corrected chi connectivity index (χ4v) is 1.94. The molecular weight excluding hydrogens is 235 g/mol. The van der Waals surface area contributed by atoms with Gasteiger partial charge in [-0.3, -0.25) is 10.1 Å². The van der Waals surface area contributed by atoms with Gasteiger partial charge in [0.05, 0.1) is 4.92 Å². The van der Waals surface area contributed by atoms with Gasteiger partial charge < -0.3 is 5.32 Å². The number of nitrogens with zero attached hydrogens (tertiary/aromatic N) is 1. The van der Waals surface area contributed by atoms with E-state index in [4.69, 9.17) is 0 Å². The van der Waals surface area contributed by atoms with Crippen molar-refractivity contribution in [2.75, 3.05) is 0 Å². The maximum atomic E-state index is 13.8. The van der Waals surface area contributed by atoms with E-state index in [-0.39, 0.29) is 6.04 Å². The van der Waals surface area contributed by atoms with Gasteiger partial charge in [0, 0.05) is 24.2 Å². The zero-order valence-electron chi connectivity index (χ0n) is 10.9. The number of hydrogen-bond donors (Lipinski definition) is 1. The molecule has 0 saturated carbocycles. The van der Waals surface area contributed by atoms with Crippen molar-refractivity contribution in [3.8, 4) is 0 Å². The Hall–Kier alpha value is -1.49. The highest BCUT2D eigenvalue weighted by Gasteiger charge is 2.18. The van der Waals surface area contributed by atoms with Gasteiger partial charge >= 0.3 is 5.69 Å². The van der Waals surface area contributed by atoms with Crippen LogP contribution in [-0.4, -0.2) is 11.0 Å². The second kappa shape index (κ2) is 6.44. The quantitative estimate of drug-likeness (QED) is 0.626. The van der Waals surface area contributed by atoms with Crippen molar-refractivity contribution in [3.63, 3.8) is 0 Å². The summed E-state index contributed by atoms with van der Waals surface area (Å²) in [4.78, 5) is 9.93. The van der Waals surface area contributed by atoms with Gasteiger partial charge in [0.2, 0.25) is 5.82 Å². The maximum Gasteiger partial charge on any atom is 0.305 e. The predicted octanol–water partition coefficient (Wildman–Crippen LogP) is 3.26. The fourth-order valence-electron chi connectivity index (χ4n) is 1.94. The zero-order valence-corrected chi connectivity index (χ0v) is 10.9. The van der Waals surface area contributed by atoms with Crippen molar-refractivity contribution in [2.24, 2.45) is 5.92 Å². The number of halogens is 1. The maximum absolute atomic E-state index is 13.8. The van der Waals surface area contributed by atoms with Crippen LogP contribution in [0.3, 0.4) is 0 Å². The minimum Gasteiger partial charge on any atom is -0.310 e. The third-order valence-corrected chi connectivity index (χ3v) is 3.05. The summed E-state index contributed by atoms with van der Waals surface area (Å²) in [7, 11) is 0. The van der Waals surface area contributed by atoms with Crippen LogP contribution in [0.15, 0.2) is 18.2 Å². The standard InChI is InChI=1S/C13H19FN2O2/c1-4-11(9(2)3)15-8-10-6-5-7-12(13(10)14)16(17)18/h5-7,9,11,15H,4,8H2,1-3H3. The van der Waals surface area contributed by atoms with E-state index in [0.29, 0.717) is 18.0 Å². The Labute approximate surface area is 106 Å². The summed E-state index contributed by atoms with van der Waals surface area (Å²) in [5.41, 5.74) is -0.129. The molecular formula is C13H19FN2O2. The summed E-state index contributed by atoms with van der Waals surface area (Å²) in [5, 5.41) is 13.9. The highest BCUT2D eigenvalue weighted by Crippen LogP contribution is 2.20. The molecule has 1 rings (SSSR count). The number of rotatable bonds is 6. The molecule has 0 aliphatic rings. The normalized spacial score (nSPS) is 12.7. The first-order valence-electron chi connectivity index (χ1n) is 6.12. The van der Waals surface area contributed by atoms with Gasteiger partial charge in [-0.15, -0.1) is 0 Å². The summed E-state index contributed by atoms with van der Waals surface area (Å²) in [6, 6.07) is 4.54. The van der Waals surface area contributed by atoms with Gasteiger partial charge in [0.1, 0.15) is 0 Å². The number of benzene rings is 1. The van der Waals surface area contributed by atoms with Crippen molar-refractivity contribution in [3.05, 3.63) is 39.7 Å². The molecule has 0 fully saturated rings. The van der Waals surface area contributed by atoms with E-state index in [2.05, 4.69) is 26.1 Å². The fraction of sp³-hybridized carbons (Fsp3) is 0.538. The van der Waals surface area contributed by atoms with E-state index in [9.17, 15) is 14.5 Å². The molecule has 0 amide bonds. The zero-order chi connectivity index (χ0) is 13.7. The molecule has 1 aromatic rings. The number of nitro benzene ring substituents is 1. The smallest absolute Gasteiger partial charge is 0.305 e. The Bertz CT molecular complexity index is 421. The minimum absolute atomic E-state index is 0.281. The third-order valence-electron chi connectivity index (χ3n) is 3.05. The van der Waals surface area contributed by atoms with Gasteiger partial charge in [-0.25, -0.2) is 0 Å². The lowest BCUT2D eigenvalue weighted by molar-refractivity contribution is -0.387. The number of nitrogens with one attached hydrogen (secondary N) is 1. The Morgan fingerprint density at radius 1 is 1.44 bits per heavy atom. The molecule has 0 spiro atoms. The second-order valence-electron chi connectivity index (χ2n) is 4.65. The van der Waals surface area contributed by atoms with Crippen LogP contribution in [0.4, 0.5) is 10.1 Å². The van der Waals surface area contributed by atoms with Gasteiger partial charge in [0.15, 0.2) is 0 Å². The van der Waals surface area contributed by atoms with Crippen LogP contribution in [0.25, 0.3) is 0 Å². The van der Waals surface area contributed by atoms with E-state index in [0.717, 1.165) is 6.42 Å². The molecule has 1 N–H and O–H groups in total. The Morgan fingerprint density at radius 2 is 2.11 bits per heavy atom. The van der Waals surface area contributed by atoms with Gasteiger partial charge in [-0.2, -0.15) is 4.39 Å². The first-order chi connectivity index (χ1) is 8.47. The molecule has 0 saturated heterocycles. The van der Waals surface area contributed by atoms with E-state index in [1.54, 1.807) is 6.07 Å². The molecule has 5 heteroatoms. The van der Waals surface area contributed by atoms with Crippen molar-refractivity contribution in [1.82, 2.24) is 5.32 Å². The van der Waals surface area contributed by atoms with Crippen molar-refractivity contribution >= 4 is 5.69 Å². The van der Waals surface area contributed by atoms with Gasteiger partial charge in [-0.1, -0.05) is 32.9 Å². The van der Waals surface area contributed by atoms with E-state index in [1.807, 2.05) is 0 Å². The topological polar surface area (TPSA) is 55.2 Å². The first kappa shape index (κ1) is 14.6. The van der Waals surface area contributed by atoms with Crippen LogP contribution in [0.5, 0.6) is 0 Å². The lowest BCUT2D eigenvalue weighted by atomic mass is 10.0. The molecule has 1 aromatic carbocycles. The monoisotopic (exact) mass is 254 g/mol. The summed E-state index contributed by atoms with van der Waals surface area (Å²) in [5.74, 6) is -0.301. The molecule has 100 valence electrons. The van der Waals surface area contributed by atoms with E-state index in [1.165, 1.54) is 12.1 Å². The molecule has 1 atom stereocenters. The molecule has 1 unspecified atom stereocenters. The number of hydrogen-bond acceptors (Lipinski definition) is 3. The summed E-state index contributed by atoms with van der Waals surface area (Å²) in [6.07, 6.45) is 0.939. The average molecular weight is 254 g/mol. The van der Waals surface area contributed by atoms with Crippen LogP contribution < -0.4 is 5.32 Å². The van der Waals surface area contributed by atoms with Crippen LogP contribution in [0.2, 0.25) is 0 Å². The molecule has 0 bridgehead atoms. The van der Waals surface area contributed by atoms with Crippen LogP contribution in [0.1, 0.15) is 32.8 Å². The highest BCUT2D eigenvalue weighted by molar-refractivity contribution is 5.36. The average Bonchev–Trinajstić information content (AvgIpc) is 2.31.